The van der Waals surface area contributed by atoms with Gasteiger partial charge in [-0.05, 0) is 12.1 Å². The van der Waals surface area contributed by atoms with E-state index in [4.69, 9.17) is 0 Å². The molecule has 5 nitrogen and oxygen atoms in total. The molecule has 0 saturated heterocycles. The molecule has 54 valence electrons. The lowest BCUT2D eigenvalue weighted by Crippen LogP contribution is -2.09. The molecule has 0 saturated carbocycles. The van der Waals surface area contributed by atoms with Crippen LogP contribution in [-0.2, 0) is 0 Å². The van der Waals surface area contributed by atoms with Gasteiger partial charge in [0.25, 0.3) is 5.56 Å². The number of H-pyrrole nitrogens is 1. The zero-order chi connectivity index (χ0) is 7.68. The minimum absolute atomic E-state index is 0.261. The molecule has 1 N–H and O–H groups in total. The van der Waals surface area contributed by atoms with Crippen molar-refractivity contribution in [3.8, 4) is 0 Å². The number of hydrogen-bond donors (Lipinski definition) is 1. The molecule has 0 fully saturated rings. The van der Waals surface area contributed by atoms with Gasteiger partial charge in [0.2, 0.25) is 0 Å². The van der Waals surface area contributed by atoms with Crippen LogP contribution in [0.3, 0.4) is 0 Å². The molecule has 0 amide bonds. The van der Waals surface area contributed by atoms with Gasteiger partial charge in [0.05, 0.1) is 5.39 Å². The summed E-state index contributed by atoms with van der Waals surface area (Å²) in [5.41, 5.74) is 0.111. The number of fused-ring (bicyclic) bond motifs is 1. The molecule has 2 rings (SSSR count). The molecule has 2 aromatic rings. The quantitative estimate of drug-likeness (QED) is 0.557. The summed E-state index contributed by atoms with van der Waals surface area (Å²) in [6.07, 6.45) is 1.57. The standard InChI is InChI=1S/C6H4N4O/c11-6-4-2-1-3-7-5(4)8-10-9-6/h1-3H,(H,7,8,9,11). The highest BCUT2D eigenvalue weighted by atomic mass is 16.1. The van der Waals surface area contributed by atoms with E-state index >= 15 is 0 Å². The van der Waals surface area contributed by atoms with Gasteiger partial charge in [-0.3, -0.25) is 4.79 Å². The van der Waals surface area contributed by atoms with E-state index in [-0.39, 0.29) is 5.56 Å². The number of rotatable bonds is 0. The van der Waals surface area contributed by atoms with Crippen LogP contribution in [0.4, 0.5) is 0 Å². The molecule has 11 heavy (non-hydrogen) atoms. The first kappa shape index (κ1) is 5.96. The summed E-state index contributed by atoms with van der Waals surface area (Å²) in [5, 5.41) is 9.67. The topological polar surface area (TPSA) is 71.5 Å². The Hall–Kier alpha value is -1.78. The summed E-state index contributed by atoms with van der Waals surface area (Å²) in [6, 6.07) is 3.33. The molecule has 0 aliphatic heterocycles. The smallest absolute Gasteiger partial charge is 0.267 e. The Bertz CT molecular complexity index is 430. The van der Waals surface area contributed by atoms with Crippen molar-refractivity contribution in [2.75, 3.05) is 0 Å². The van der Waals surface area contributed by atoms with Crippen LogP contribution in [0.5, 0.6) is 0 Å². The predicted molar refractivity (Wildman–Crippen MR) is 38.0 cm³/mol. The Morgan fingerprint density at radius 1 is 1.45 bits per heavy atom. The normalized spacial score (nSPS) is 10.2. The highest BCUT2D eigenvalue weighted by molar-refractivity contribution is 5.71. The fourth-order valence-corrected chi connectivity index (χ4v) is 0.832. The van der Waals surface area contributed by atoms with Crippen molar-refractivity contribution in [3.63, 3.8) is 0 Å². The Balaban J connectivity index is 3.03. The van der Waals surface area contributed by atoms with Crippen molar-refractivity contribution in [1.82, 2.24) is 20.4 Å². The predicted octanol–water partition coefficient (Wildman–Crippen LogP) is -0.287. The van der Waals surface area contributed by atoms with Gasteiger partial charge < -0.3 is 0 Å². The fraction of sp³-hybridized carbons (Fsp3) is 0. The number of pyridine rings is 1. The largest absolute Gasteiger partial charge is 0.276 e. The van der Waals surface area contributed by atoms with Crippen molar-refractivity contribution in [1.29, 1.82) is 0 Å². The van der Waals surface area contributed by atoms with Gasteiger partial charge in [0, 0.05) is 6.20 Å². The lowest BCUT2D eigenvalue weighted by molar-refractivity contribution is 0.863. The molecule has 0 unspecified atom stereocenters. The maximum Gasteiger partial charge on any atom is 0.276 e. The first-order chi connectivity index (χ1) is 5.38. The van der Waals surface area contributed by atoms with Crippen LogP contribution in [0, 0.1) is 0 Å². The van der Waals surface area contributed by atoms with Crippen LogP contribution in [-0.4, -0.2) is 20.4 Å². The highest BCUT2D eigenvalue weighted by Crippen LogP contribution is 1.96. The monoisotopic (exact) mass is 148 g/mol. The van der Waals surface area contributed by atoms with Gasteiger partial charge in [0.15, 0.2) is 5.65 Å². The second-order valence-electron chi connectivity index (χ2n) is 2.02. The van der Waals surface area contributed by atoms with E-state index in [1.165, 1.54) is 0 Å². The van der Waals surface area contributed by atoms with Crippen molar-refractivity contribution < 1.29 is 0 Å². The lowest BCUT2D eigenvalue weighted by atomic mass is 10.3. The van der Waals surface area contributed by atoms with Crippen LogP contribution in [0.1, 0.15) is 0 Å². The highest BCUT2D eigenvalue weighted by Gasteiger charge is 1.96. The van der Waals surface area contributed by atoms with Gasteiger partial charge in [-0.1, -0.05) is 5.21 Å². The molecule has 2 heterocycles. The molecule has 0 bridgehead atoms. The average Bonchev–Trinajstić information content (AvgIpc) is 2.06. The molecule has 0 radical (unpaired) electrons. The van der Waals surface area contributed by atoms with E-state index in [1.54, 1.807) is 18.3 Å². The molecule has 0 aliphatic rings. The summed E-state index contributed by atoms with van der Waals surface area (Å²) in [4.78, 5) is 14.8. The minimum Gasteiger partial charge on any atom is -0.267 e. The molecule has 0 aliphatic carbocycles. The second-order valence-corrected chi connectivity index (χ2v) is 2.02. The van der Waals surface area contributed by atoms with Crippen molar-refractivity contribution in [2.24, 2.45) is 0 Å². The fourth-order valence-electron chi connectivity index (χ4n) is 0.832. The molecule has 5 heteroatoms. The maximum absolute atomic E-state index is 11.0. The van der Waals surface area contributed by atoms with E-state index in [1.807, 2.05) is 0 Å². The molecule has 0 spiro atoms. The van der Waals surface area contributed by atoms with Crippen molar-refractivity contribution in [2.45, 2.75) is 0 Å². The molecular weight excluding hydrogens is 144 g/mol. The summed E-state index contributed by atoms with van der Waals surface area (Å²) in [7, 11) is 0. The van der Waals surface area contributed by atoms with E-state index in [2.05, 4.69) is 20.4 Å². The maximum atomic E-state index is 11.0. The minimum atomic E-state index is -0.261. The van der Waals surface area contributed by atoms with Crippen LogP contribution >= 0.6 is 0 Å². The number of nitrogens with one attached hydrogen (secondary N) is 1. The summed E-state index contributed by atoms with van der Waals surface area (Å²) < 4.78 is 0. The first-order valence-corrected chi connectivity index (χ1v) is 3.04. The van der Waals surface area contributed by atoms with Crippen molar-refractivity contribution >= 4 is 11.0 Å². The van der Waals surface area contributed by atoms with Gasteiger partial charge in [-0.2, -0.15) is 0 Å². The molecule has 0 atom stereocenters. The lowest BCUT2D eigenvalue weighted by Gasteiger charge is -1.89. The van der Waals surface area contributed by atoms with Gasteiger partial charge in [0.1, 0.15) is 0 Å². The molecule has 0 aromatic carbocycles. The zero-order valence-electron chi connectivity index (χ0n) is 5.48. The zero-order valence-corrected chi connectivity index (χ0v) is 5.48. The number of nitrogens with zero attached hydrogens (tertiary/aromatic N) is 3. The third-order valence-corrected chi connectivity index (χ3v) is 1.33. The van der Waals surface area contributed by atoms with Gasteiger partial charge in [-0.15, -0.1) is 5.10 Å². The van der Waals surface area contributed by atoms with Crippen molar-refractivity contribution in [3.05, 3.63) is 28.7 Å². The third kappa shape index (κ3) is 0.861. The summed E-state index contributed by atoms with van der Waals surface area (Å²) in [5.74, 6) is 0. The average molecular weight is 148 g/mol. The number of hydrogen-bond acceptors (Lipinski definition) is 4. The Labute approximate surface area is 61.1 Å². The Morgan fingerprint density at radius 3 is 3.18 bits per heavy atom. The second kappa shape index (κ2) is 2.12. The first-order valence-electron chi connectivity index (χ1n) is 3.04. The summed E-state index contributed by atoms with van der Waals surface area (Å²) in [6.45, 7) is 0. The van der Waals surface area contributed by atoms with Crippen LogP contribution in [0.15, 0.2) is 23.1 Å². The molecule has 2 aromatic heterocycles. The number of aromatic amines is 1. The Morgan fingerprint density at radius 2 is 2.36 bits per heavy atom. The van der Waals surface area contributed by atoms with Gasteiger partial charge in [-0.25, -0.2) is 10.1 Å². The van der Waals surface area contributed by atoms with Crippen LogP contribution in [0.2, 0.25) is 0 Å². The van der Waals surface area contributed by atoms with Crippen LogP contribution in [0.25, 0.3) is 11.0 Å². The van der Waals surface area contributed by atoms with E-state index in [9.17, 15) is 4.79 Å². The van der Waals surface area contributed by atoms with E-state index < -0.39 is 0 Å². The number of aromatic nitrogens is 4. The summed E-state index contributed by atoms with van der Waals surface area (Å²) >= 11 is 0. The van der Waals surface area contributed by atoms with E-state index in [0.29, 0.717) is 11.0 Å². The SMILES string of the molecule is O=c1[nH]nnc2ncccc12. The van der Waals surface area contributed by atoms with Crippen LogP contribution < -0.4 is 5.56 Å². The molecular formula is C6H4N4O. The Kier molecular flexibility index (Phi) is 1.15. The third-order valence-electron chi connectivity index (χ3n) is 1.33. The van der Waals surface area contributed by atoms with Gasteiger partial charge >= 0.3 is 0 Å². The van der Waals surface area contributed by atoms with E-state index in [0.717, 1.165) is 0 Å².